The number of halogens is 1. The van der Waals surface area contributed by atoms with Crippen molar-refractivity contribution in [3.63, 3.8) is 0 Å². The van der Waals surface area contributed by atoms with Gasteiger partial charge in [0.2, 0.25) is 5.91 Å². The molecule has 2 heterocycles. The van der Waals surface area contributed by atoms with Crippen LogP contribution in [0.5, 0.6) is 0 Å². The minimum atomic E-state index is -0.560. The van der Waals surface area contributed by atoms with Crippen LogP contribution in [0.3, 0.4) is 0 Å². The van der Waals surface area contributed by atoms with Crippen LogP contribution in [0.15, 0.2) is 48.7 Å². The summed E-state index contributed by atoms with van der Waals surface area (Å²) in [5.74, 6) is -0.0941. The van der Waals surface area contributed by atoms with Crippen molar-refractivity contribution in [2.45, 2.75) is 6.92 Å². The molecule has 4 N–H and O–H groups in total. The zero-order valence-corrected chi connectivity index (χ0v) is 18.0. The number of hydrogen-bond acceptors (Lipinski definition) is 6. The summed E-state index contributed by atoms with van der Waals surface area (Å²) in [5.41, 5.74) is 7.39. The minimum absolute atomic E-state index is 0.234. The van der Waals surface area contributed by atoms with Crippen LogP contribution in [-0.4, -0.2) is 48.2 Å². The second kappa shape index (κ2) is 9.61. The topological polar surface area (TPSA) is 122 Å². The van der Waals surface area contributed by atoms with Crippen LogP contribution in [-0.2, 0) is 4.74 Å². The van der Waals surface area contributed by atoms with Crippen molar-refractivity contribution in [3.8, 4) is 11.4 Å². The maximum atomic E-state index is 14.9. The first-order valence-corrected chi connectivity index (χ1v) is 10.3. The van der Waals surface area contributed by atoms with Crippen LogP contribution in [0.2, 0.25) is 0 Å². The Morgan fingerprint density at radius 2 is 1.73 bits per heavy atom. The fourth-order valence-electron chi connectivity index (χ4n) is 3.44. The number of nitrogens with zero attached hydrogens (tertiary/aromatic N) is 3. The van der Waals surface area contributed by atoms with E-state index in [0.29, 0.717) is 37.6 Å². The van der Waals surface area contributed by atoms with Crippen LogP contribution in [0.4, 0.5) is 26.4 Å². The summed E-state index contributed by atoms with van der Waals surface area (Å²) in [4.78, 5) is 34.3. The van der Waals surface area contributed by atoms with Gasteiger partial charge in [-0.1, -0.05) is 0 Å². The van der Waals surface area contributed by atoms with Crippen molar-refractivity contribution in [3.05, 3.63) is 65.6 Å². The molecule has 33 heavy (non-hydrogen) atoms. The lowest BCUT2D eigenvalue weighted by Gasteiger charge is -2.29. The van der Waals surface area contributed by atoms with Gasteiger partial charge in [-0.15, -0.1) is 0 Å². The lowest BCUT2D eigenvalue weighted by atomic mass is 10.1. The van der Waals surface area contributed by atoms with Gasteiger partial charge in [0.05, 0.1) is 18.8 Å². The molecule has 0 spiro atoms. The Morgan fingerprint density at radius 3 is 2.39 bits per heavy atom. The lowest BCUT2D eigenvalue weighted by molar-refractivity contribution is 0.1000. The Morgan fingerprint density at radius 1 is 1.06 bits per heavy atom. The number of urea groups is 1. The standard InChI is InChI=1S/C23H23FN6O3/c1-14-13-26-21(29-22(14)30-8-10-33-11-9-30)18-7-6-17(12-19(18)24)28-23(32)27-16-4-2-15(3-5-16)20(25)31/h2-7,12-13H,8-11H2,1H3,(H2,25,31)(H2,27,28,32). The highest BCUT2D eigenvalue weighted by Gasteiger charge is 2.18. The molecule has 0 bridgehead atoms. The number of nitrogens with two attached hydrogens (primary N) is 1. The summed E-state index contributed by atoms with van der Waals surface area (Å²) < 4.78 is 20.3. The molecule has 0 saturated carbocycles. The number of rotatable bonds is 5. The van der Waals surface area contributed by atoms with Gasteiger partial charge in [0.25, 0.3) is 0 Å². The first-order valence-electron chi connectivity index (χ1n) is 10.3. The Labute approximate surface area is 189 Å². The molecule has 0 unspecified atom stereocenters. The number of benzene rings is 2. The lowest BCUT2D eigenvalue weighted by Crippen LogP contribution is -2.37. The van der Waals surface area contributed by atoms with Crippen LogP contribution in [0, 0.1) is 12.7 Å². The number of aryl methyl sites for hydroxylation is 1. The van der Waals surface area contributed by atoms with Crippen LogP contribution >= 0.6 is 0 Å². The zero-order chi connectivity index (χ0) is 23.4. The van der Waals surface area contributed by atoms with Crippen LogP contribution < -0.4 is 21.3 Å². The summed E-state index contributed by atoms with van der Waals surface area (Å²) in [5, 5.41) is 5.18. The average molecular weight is 450 g/mol. The first kappa shape index (κ1) is 22.2. The summed E-state index contributed by atoms with van der Waals surface area (Å²) in [6.07, 6.45) is 1.68. The molecule has 1 aromatic heterocycles. The molecule has 1 fully saturated rings. The second-order valence-corrected chi connectivity index (χ2v) is 7.51. The molecule has 170 valence electrons. The number of carbonyl (C=O) groups excluding carboxylic acids is 2. The van der Waals surface area contributed by atoms with Gasteiger partial charge in [-0.25, -0.2) is 19.2 Å². The van der Waals surface area contributed by atoms with Crippen molar-refractivity contribution in [1.82, 2.24) is 9.97 Å². The van der Waals surface area contributed by atoms with Gasteiger partial charge in [0, 0.05) is 41.8 Å². The number of aromatic nitrogens is 2. The Balaban J connectivity index is 1.46. The SMILES string of the molecule is Cc1cnc(-c2ccc(NC(=O)Nc3ccc(C(N)=O)cc3)cc2F)nc1N1CCOCC1. The molecule has 0 atom stereocenters. The molecule has 1 aliphatic heterocycles. The fourth-order valence-corrected chi connectivity index (χ4v) is 3.44. The van der Waals surface area contributed by atoms with Gasteiger partial charge in [-0.05, 0) is 49.4 Å². The van der Waals surface area contributed by atoms with Gasteiger partial charge in [-0.3, -0.25) is 4.79 Å². The molecular weight excluding hydrogens is 427 g/mol. The Bertz CT molecular complexity index is 1180. The fraction of sp³-hybridized carbons (Fsp3) is 0.217. The van der Waals surface area contributed by atoms with Gasteiger partial charge < -0.3 is 26.0 Å². The first-order chi connectivity index (χ1) is 15.9. The normalized spacial score (nSPS) is 13.5. The summed E-state index contributed by atoms with van der Waals surface area (Å²) in [6.45, 7) is 4.57. The number of carbonyl (C=O) groups is 2. The van der Waals surface area contributed by atoms with Crippen molar-refractivity contribution in [2.24, 2.45) is 5.73 Å². The van der Waals surface area contributed by atoms with Gasteiger partial charge in [0.15, 0.2) is 5.82 Å². The van der Waals surface area contributed by atoms with Crippen LogP contribution in [0.1, 0.15) is 15.9 Å². The number of amides is 3. The molecule has 0 radical (unpaired) electrons. The number of hydrogen-bond donors (Lipinski definition) is 3. The summed E-state index contributed by atoms with van der Waals surface area (Å²) >= 11 is 0. The second-order valence-electron chi connectivity index (χ2n) is 7.51. The maximum absolute atomic E-state index is 14.9. The van der Waals surface area contributed by atoms with Crippen molar-refractivity contribution in [1.29, 1.82) is 0 Å². The van der Waals surface area contributed by atoms with E-state index in [1.165, 1.54) is 24.3 Å². The van der Waals surface area contributed by atoms with E-state index in [9.17, 15) is 14.0 Å². The highest BCUT2D eigenvalue weighted by atomic mass is 19.1. The zero-order valence-electron chi connectivity index (χ0n) is 18.0. The number of morpholine rings is 1. The van der Waals surface area contributed by atoms with E-state index in [1.54, 1.807) is 24.4 Å². The highest BCUT2D eigenvalue weighted by Crippen LogP contribution is 2.26. The smallest absolute Gasteiger partial charge is 0.323 e. The third kappa shape index (κ3) is 5.24. The number of ether oxygens (including phenoxy) is 1. The highest BCUT2D eigenvalue weighted by molar-refractivity contribution is 6.00. The van der Waals surface area contributed by atoms with Crippen molar-refractivity contribution in [2.75, 3.05) is 41.8 Å². The Hall–Kier alpha value is -4.05. The third-order valence-corrected chi connectivity index (χ3v) is 5.15. The number of anilines is 3. The van der Waals surface area contributed by atoms with E-state index in [-0.39, 0.29) is 17.1 Å². The van der Waals surface area contributed by atoms with Crippen molar-refractivity contribution < 1.29 is 18.7 Å². The number of nitrogens with one attached hydrogen (secondary N) is 2. The molecule has 1 saturated heterocycles. The van der Waals surface area contributed by atoms with E-state index in [4.69, 9.17) is 10.5 Å². The van der Waals surface area contributed by atoms with E-state index < -0.39 is 17.8 Å². The predicted octanol–water partition coefficient (Wildman–Crippen LogP) is 3.17. The molecule has 0 aliphatic carbocycles. The van der Waals surface area contributed by atoms with E-state index in [0.717, 1.165) is 11.4 Å². The average Bonchev–Trinajstić information content (AvgIpc) is 2.80. The minimum Gasteiger partial charge on any atom is -0.378 e. The predicted molar refractivity (Wildman–Crippen MR) is 123 cm³/mol. The molecule has 9 nitrogen and oxygen atoms in total. The summed E-state index contributed by atoms with van der Waals surface area (Å²) in [7, 11) is 0. The molecule has 4 rings (SSSR count). The molecule has 3 aromatic rings. The summed E-state index contributed by atoms with van der Waals surface area (Å²) in [6, 6.07) is 9.84. The largest absolute Gasteiger partial charge is 0.378 e. The van der Waals surface area contributed by atoms with Gasteiger partial charge in [-0.2, -0.15) is 0 Å². The molecular formula is C23H23FN6O3. The Kier molecular flexibility index (Phi) is 6.45. The van der Waals surface area contributed by atoms with Crippen molar-refractivity contribution >= 4 is 29.1 Å². The monoisotopic (exact) mass is 450 g/mol. The van der Waals surface area contributed by atoms with E-state index in [2.05, 4.69) is 25.5 Å². The van der Waals surface area contributed by atoms with Crippen LogP contribution in [0.25, 0.3) is 11.4 Å². The van der Waals surface area contributed by atoms with Gasteiger partial charge in [0.1, 0.15) is 11.6 Å². The maximum Gasteiger partial charge on any atom is 0.323 e. The molecule has 10 heteroatoms. The van der Waals surface area contributed by atoms with E-state index in [1.807, 2.05) is 6.92 Å². The van der Waals surface area contributed by atoms with E-state index >= 15 is 0 Å². The third-order valence-electron chi connectivity index (χ3n) is 5.15. The van der Waals surface area contributed by atoms with Gasteiger partial charge >= 0.3 is 6.03 Å². The quantitative estimate of drug-likeness (QED) is 0.549. The molecule has 1 aliphatic rings. The number of primary amides is 1. The molecule has 2 aromatic carbocycles. The molecule has 3 amide bonds.